The molecule has 2 unspecified atom stereocenters. The van der Waals surface area contributed by atoms with Gasteiger partial charge in [0.05, 0.1) is 0 Å². The van der Waals surface area contributed by atoms with Gasteiger partial charge in [-0.05, 0) is 43.4 Å². The molecule has 2 aromatic rings. The largest absolute Gasteiger partial charge is 0.398 e. The molecule has 0 amide bonds. The number of nitrogens with zero attached hydrogens (tertiary/aromatic N) is 1. The number of anilines is 2. The van der Waals surface area contributed by atoms with Crippen LogP contribution in [-0.2, 0) is 0 Å². The second-order valence-electron chi connectivity index (χ2n) is 6.08. The molecule has 0 radical (unpaired) electrons. The summed E-state index contributed by atoms with van der Waals surface area (Å²) in [6.45, 7) is 2.37. The van der Waals surface area contributed by atoms with E-state index in [-0.39, 0.29) is 0 Å². The lowest BCUT2D eigenvalue weighted by Crippen LogP contribution is -2.18. The van der Waals surface area contributed by atoms with E-state index in [1.54, 1.807) is 0 Å². The third kappa shape index (κ3) is 2.72. The molecule has 0 aliphatic heterocycles. The highest BCUT2D eigenvalue weighted by molar-refractivity contribution is 6.00. The Balaban J connectivity index is 1.85. The van der Waals surface area contributed by atoms with E-state index in [2.05, 4.69) is 23.3 Å². The average Bonchev–Trinajstić information content (AvgIpc) is 2.67. The molecule has 106 valence electrons. The summed E-state index contributed by atoms with van der Waals surface area (Å²) < 4.78 is 0. The van der Waals surface area contributed by atoms with E-state index in [0.717, 1.165) is 17.0 Å². The highest BCUT2D eigenvalue weighted by Gasteiger charge is 2.16. The molecule has 0 saturated heterocycles. The van der Waals surface area contributed by atoms with Gasteiger partial charge in [-0.15, -0.1) is 0 Å². The van der Waals surface area contributed by atoms with E-state index in [1.165, 1.54) is 43.2 Å². The Morgan fingerprint density at radius 2 is 2.00 bits per heavy atom. The molecule has 3 N–H and O–H groups in total. The number of fused-ring (bicyclic) bond motifs is 1. The van der Waals surface area contributed by atoms with Crippen molar-refractivity contribution in [1.29, 1.82) is 0 Å². The van der Waals surface area contributed by atoms with Gasteiger partial charge in [0.2, 0.25) is 0 Å². The number of benzene rings is 1. The fourth-order valence-corrected chi connectivity index (χ4v) is 3.19. The van der Waals surface area contributed by atoms with Gasteiger partial charge in [0.15, 0.2) is 0 Å². The molecule has 3 rings (SSSR count). The van der Waals surface area contributed by atoms with Crippen LogP contribution in [-0.4, -0.2) is 11.0 Å². The van der Waals surface area contributed by atoms with Gasteiger partial charge in [-0.2, -0.15) is 0 Å². The van der Waals surface area contributed by atoms with Crippen LogP contribution in [0.3, 0.4) is 0 Å². The first-order valence-electron chi connectivity index (χ1n) is 7.63. The fourth-order valence-electron chi connectivity index (χ4n) is 3.19. The van der Waals surface area contributed by atoms with E-state index < -0.39 is 0 Å². The van der Waals surface area contributed by atoms with Crippen molar-refractivity contribution in [2.75, 3.05) is 11.1 Å². The molecule has 1 fully saturated rings. The fraction of sp³-hybridized carbons (Fsp3) is 0.471. The number of nitrogens with two attached hydrogens (primary N) is 1. The van der Waals surface area contributed by atoms with Crippen molar-refractivity contribution in [1.82, 2.24) is 4.98 Å². The smallest absolute Gasteiger partial charge is 0.0424 e. The van der Waals surface area contributed by atoms with Crippen LogP contribution in [0.1, 0.15) is 39.0 Å². The van der Waals surface area contributed by atoms with Gasteiger partial charge in [-0.3, -0.25) is 4.98 Å². The van der Waals surface area contributed by atoms with Gasteiger partial charge in [0, 0.05) is 40.6 Å². The minimum Gasteiger partial charge on any atom is -0.398 e. The van der Waals surface area contributed by atoms with Gasteiger partial charge in [0.1, 0.15) is 0 Å². The summed E-state index contributed by atoms with van der Waals surface area (Å²) >= 11 is 0. The van der Waals surface area contributed by atoms with Crippen molar-refractivity contribution in [3.63, 3.8) is 0 Å². The van der Waals surface area contributed by atoms with Crippen molar-refractivity contribution < 1.29 is 0 Å². The summed E-state index contributed by atoms with van der Waals surface area (Å²) in [4.78, 5) is 4.18. The topological polar surface area (TPSA) is 50.9 Å². The third-order valence-electron chi connectivity index (χ3n) is 4.47. The number of rotatable bonds is 2. The van der Waals surface area contributed by atoms with E-state index >= 15 is 0 Å². The average molecular weight is 269 g/mol. The van der Waals surface area contributed by atoms with Gasteiger partial charge < -0.3 is 11.1 Å². The molecule has 0 spiro atoms. The molecule has 3 heteroatoms. The number of aromatic nitrogens is 1. The van der Waals surface area contributed by atoms with Crippen LogP contribution in [0.25, 0.3) is 10.8 Å². The normalized spacial score (nSPS) is 23.4. The zero-order valence-corrected chi connectivity index (χ0v) is 12.1. The number of hydrogen-bond donors (Lipinski definition) is 2. The Hall–Kier alpha value is -1.77. The first-order chi connectivity index (χ1) is 9.74. The number of nitrogens with one attached hydrogen (secondary N) is 1. The van der Waals surface area contributed by atoms with Crippen LogP contribution < -0.4 is 11.1 Å². The van der Waals surface area contributed by atoms with Gasteiger partial charge in [-0.25, -0.2) is 0 Å². The Labute approximate surface area is 120 Å². The SMILES string of the molecule is CC1CCCC(Nc2ccc(N)c3cnccc23)CC1. The summed E-state index contributed by atoms with van der Waals surface area (Å²) in [6, 6.07) is 6.71. The van der Waals surface area contributed by atoms with Crippen LogP contribution >= 0.6 is 0 Å². The number of hydrogen-bond acceptors (Lipinski definition) is 3. The molecule has 1 aromatic heterocycles. The summed E-state index contributed by atoms with van der Waals surface area (Å²) in [7, 11) is 0. The van der Waals surface area contributed by atoms with Crippen LogP contribution in [0.2, 0.25) is 0 Å². The molecule has 1 heterocycles. The second kappa shape index (κ2) is 5.70. The number of pyridine rings is 1. The molecule has 0 bridgehead atoms. The maximum absolute atomic E-state index is 6.03. The summed E-state index contributed by atoms with van der Waals surface area (Å²) in [6.07, 6.45) is 10.2. The first kappa shape index (κ1) is 13.2. The minimum absolute atomic E-state index is 0.583. The minimum atomic E-state index is 0.583. The van der Waals surface area contributed by atoms with Gasteiger partial charge in [0.25, 0.3) is 0 Å². The molecule has 1 aliphatic rings. The molecule has 1 aromatic carbocycles. The third-order valence-corrected chi connectivity index (χ3v) is 4.47. The lowest BCUT2D eigenvalue weighted by molar-refractivity contribution is 0.502. The van der Waals surface area contributed by atoms with Crippen LogP contribution in [0.4, 0.5) is 11.4 Å². The monoisotopic (exact) mass is 269 g/mol. The second-order valence-corrected chi connectivity index (χ2v) is 6.08. The Bertz CT molecular complexity index is 594. The van der Waals surface area contributed by atoms with Crippen molar-refractivity contribution in [2.24, 2.45) is 5.92 Å². The van der Waals surface area contributed by atoms with E-state index in [1.807, 2.05) is 24.5 Å². The molecule has 1 aliphatic carbocycles. The molecule has 1 saturated carbocycles. The number of nitrogen functional groups attached to an aromatic ring is 1. The van der Waals surface area contributed by atoms with Crippen molar-refractivity contribution in [2.45, 2.75) is 45.1 Å². The molecule has 2 atom stereocenters. The maximum Gasteiger partial charge on any atom is 0.0424 e. The van der Waals surface area contributed by atoms with Crippen LogP contribution in [0, 0.1) is 5.92 Å². The van der Waals surface area contributed by atoms with Gasteiger partial charge in [-0.1, -0.05) is 19.8 Å². The van der Waals surface area contributed by atoms with Crippen molar-refractivity contribution in [3.8, 4) is 0 Å². The predicted molar refractivity (Wildman–Crippen MR) is 85.8 cm³/mol. The van der Waals surface area contributed by atoms with Gasteiger partial charge >= 0.3 is 0 Å². The lowest BCUT2D eigenvalue weighted by atomic mass is 10.0. The van der Waals surface area contributed by atoms with Crippen molar-refractivity contribution >= 4 is 22.1 Å². The molecule has 20 heavy (non-hydrogen) atoms. The lowest BCUT2D eigenvalue weighted by Gasteiger charge is -2.19. The van der Waals surface area contributed by atoms with Crippen molar-refractivity contribution in [3.05, 3.63) is 30.6 Å². The Kier molecular flexibility index (Phi) is 3.77. The zero-order chi connectivity index (χ0) is 13.9. The molecule has 3 nitrogen and oxygen atoms in total. The van der Waals surface area contributed by atoms with Crippen LogP contribution in [0.15, 0.2) is 30.6 Å². The highest BCUT2D eigenvalue weighted by Crippen LogP contribution is 2.30. The maximum atomic E-state index is 6.03. The van der Waals surface area contributed by atoms with E-state index in [9.17, 15) is 0 Å². The van der Waals surface area contributed by atoms with E-state index in [4.69, 9.17) is 5.73 Å². The quantitative estimate of drug-likeness (QED) is 0.634. The standard InChI is InChI=1S/C17H23N3/c1-12-3-2-4-13(6-5-12)20-17-8-7-16(18)15-11-19-10-9-14(15)17/h7-13,20H,2-6,18H2,1H3. The van der Waals surface area contributed by atoms with E-state index in [0.29, 0.717) is 6.04 Å². The summed E-state index contributed by atoms with van der Waals surface area (Å²) in [5.74, 6) is 0.870. The summed E-state index contributed by atoms with van der Waals surface area (Å²) in [5, 5.41) is 5.95. The highest BCUT2D eigenvalue weighted by atomic mass is 14.9. The van der Waals surface area contributed by atoms with Crippen LogP contribution in [0.5, 0.6) is 0 Å². The molecular weight excluding hydrogens is 246 g/mol. The first-order valence-corrected chi connectivity index (χ1v) is 7.63. The summed E-state index contributed by atoms with van der Waals surface area (Å²) in [5.41, 5.74) is 8.02. The Morgan fingerprint density at radius 1 is 1.10 bits per heavy atom. The zero-order valence-electron chi connectivity index (χ0n) is 12.1. The predicted octanol–water partition coefficient (Wildman–Crippen LogP) is 4.20. The Morgan fingerprint density at radius 3 is 2.90 bits per heavy atom. The molecular formula is C17H23N3.